The van der Waals surface area contributed by atoms with Crippen LogP contribution in [-0.4, -0.2) is 40.2 Å². The second-order valence-electron chi connectivity index (χ2n) is 7.70. The van der Waals surface area contributed by atoms with E-state index in [1.54, 1.807) is 33.8 Å². The number of carboxylic acid groups (broad SMARTS) is 1. The van der Waals surface area contributed by atoms with E-state index in [9.17, 15) is 18.8 Å². The lowest BCUT2D eigenvalue weighted by molar-refractivity contribution is 0.0577. The van der Waals surface area contributed by atoms with Crippen molar-refractivity contribution in [3.63, 3.8) is 0 Å². The average molecular weight is 432 g/mol. The van der Waals surface area contributed by atoms with Crippen molar-refractivity contribution >= 4 is 35.3 Å². The van der Waals surface area contributed by atoms with Crippen molar-refractivity contribution in [2.24, 2.45) is 5.73 Å². The predicted octanol–water partition coefficient (Wildman–Crippen LogP) is 3.91. The number of ether oxygens (including phenoxy) is 1. The first kappa shape index (κ1) is 23.6. The maximum atomic E-state index is 14.8. The molecule has 10 heteroatoms. The Hall–Kier alpha value is -3.69. The van der Waals surface area contributed by atoms with E-state index in [0.29, 0.717) is 6.42 Å². The van der Waals surface area contributed by atoms with Crippen LogP contribution in [0.15, 0.2) is 30.3 Å². The van der Waals surface area contributed by atoms with Gasteiger partial charge in [-0.3, -0.25) is 9.69 Å². The lowest BCUT2D eigenvalue weighted by atomic mass is 10.2. The lowest BCUT2D eigenvalue weighted by Crippen LogP contribution is -2.38. The molecule has 0 saturated heterocycles. The molecule has 0 radical (unpaired) electrons. The highest BCUT2D eigenvalue weighted by molar-refractivity contribution is 5.99. The number of aromatic carboxylic acids is 1. The minimum atomic E-state index is -1.15. The van der Waals surface area contributed by atoms with E-state index in [0.717, 1.165) is 11.0 Å². The van der Waals surface area contributed by atoms with Crippen LogP contribution in [0.1, 0.15) is 54.8 Å². The van der Waals surface area contributed by atoms with Crippen molar-refractivity contribution in [2.75, 3.05) is 16.8 Å². The highest BCUT2D eigenvalue weighted by atomic mass is 19.1. The van der Waals surface area contributed by atoms with Crippen LogP contribution in [0.25, 0.3) is 0 Å². The Kier molecular flexibility index (Phi) is 7.16. The molecule has 2 rings (SSSR count). The molecule has 0 bridgehead atoms. The molecule has 166 valence electrons. The molecule has 0 atom stereocenters. The van der Waals surface area contributed by atoms with Crippen molar-refractivity contribution in [3.05, 3.63) is 47.3 Å². The molecule has 0 fully saturated rings. The Bertz CT molecular complexity index is 1000. The zero-order chi connectivity index (χ0) is 23.3. The maximum Gasteiger partial charge on any atom is 0.416 e. The Morgan fingerprint density at radius 3 is 2.48 bits per heavy atom. The number of aromatic nitrogens is 1. The summed E-state index contributed by atoms with van der Waals surface area (Å²) in [6.45, 7) is 6.94. The SMILES string of the molecule is CCCN(C(=O)OC(C)(C)C)c1nc(Nc2cccc(C(=O)O)c2)c(C(N)=O)cc1F. The highest BCUT2D eigenvalue weighted by Crippen LogP contribution is 2.27. The van der Waals surface area contributed by atoms with E-state index in [1.807, 2.05) is 0 Å². The number of rotatable bonds is 7. The summed E-state index contributed by atoms with van der Waals surface area (Å²) in [6.07, 6.45) is -0.312. The number of primary amides is 1. The summed E-state index contributed by atoms with van der Waals surface area (Å²) < 4.78 is 20.2. The second-order valence-corrected chi connectivity index (χ2v) is 7.70. The van der Waals surface area contributed by atoms with Gasteiger partial charge in [0, 0.05) is 12.2 Å². The first-order valence-corrected chi connectivity index (χ1v) is 9.54. The fraction of sp³-hybridized carbons (Fsp3) is 0.333. The van der Waals surface area contributed by atoms with Gasteiger partial charge >= 0.3 is 12.1 Å². The third kappa shape index (κ3) is 6.14. The van der Waals surface area contributed by atoms with Crippen LogP contribution in [0.3, 0.4) is 0 Å². The molecular formula is C21H25FN4O5. The fourth-order valence-electron chi connectivity index (χ4n) is 2.64. The molecule has 0 saturated carbocycles. The van der Waals surface area contributed by atoms with Crippen LogP contribution in [0.5, 0.6) is 0 Å². The van der Waals surface area contributed by atoms with Crippen molar-refractivity contribution in [3.8, 4) is 0 Å². The van der Waals surface area contributed by atoms with Gasteiger partial charge in [-0.15, -0.1) is 0 Å². The zero-order valence-corrected chi connectivity index (χ0v) is 17.7. The molecule has 1 aromatic carbocycles. The number of benzene rings is 1. The van der Waals surface area contributed by atoms with Crippen LogP contribution in [0.2, 0.25) is 0 Å². The molecule has 0 unspecified atom stereocenters. The summed E-state index contributed by atoms with van der Waals surface area (Å²) in [7, 11) is 0. The van der Waals surface area contributed by atoms with E-state index in [4.69, 9.17) is 15.6 Å². The number of hydrogen-bond donors (Lipinski definition) is 3. The number of carboxylic acids is 1. The van der Waals surface area contributed by atoms with Gasteiger partial charge in [0.05, 0.1) is 11.1 Å². The van der Waals surface area contributed by atoms with E-state index in [2.05, 4.69) is 10.3 Å². The van der Waals surface area contributed by atoms with Gasteiger partial charge in [0.25, 0.3) is 5.91 Å². The van der Waals surface area contributed by atoms with E-state index < -0.39 is 29.4 Å². The van der Waals surface area contributed by atoms with Gasteiger partial charge in [-0.05, 0) is 51.5 Å². The average Bonchev–Trinajstić information content (AvgIpc) is 2.66. The third-order valence-corrected chi connectivity index (χ3v) is 3.91. The number of nitrogens with one attached hydrogen (secondary N) is 1. The minimum Gasteiger partial charge on any atom is -0.478 e. The quantitative estimate of drug-likeness (QED) is 0.603. The number of anilines is 3. The number of pyridine rings is 1. The summed E-state index contributed by atoms with van der Waals surface area (Å²) in [5.41, 5.74) is 4.56. The first-order chi connectivity index (χ1) is 14.4. The molecular weight excluding hydrogens is 407 g/mol. The number of nitrogens with two attached hydrogens (primary N) is 1. The molecule has 4 N–H and O–H groups in total. The second kappa shape index (κ2) is 9.41. The van der Waals surface area contributed by atoms with Crippen molar-refractivity contribution in [2.45, 2.75) is 39.7 Å². The third-order valence-electron chi connectivity index (χ3n) is 3.91. The Balaban J connectivity index is 2.54. The monoisotopic (exact) mass is 432 g/mol. The Labute approximate surface area is 179 Å². The summed E-state index contributed by atoms with van der Waals surface area (Å²) in [5, 5.41) is 11.9. The zero-order valence-electron chi connectivity index (χ0n) is 17.7. The molecule has 31 heavy (non-hydrogen) atoms. The molecule has 0 spiro atoms. The predicted molar refractivity (Wildman–Crippen MR) is 113 cm³/mol. The summed E-state index contributed by atoms with van der Waals surface area (Å²) >= 11 is 0. The van der Waals surface area contributed by atoms with E-state index in [-0.39, 0.29) is 35.0 Å². The number of carbonyl (C=O) groups is 3. The topological polar surface area (TPSA) is 135 Å². The van der Waals surface area contributed by atoms with Crippen LogP contribution in [-0.2, 0) is 4.74 Å². The minimum absolute atomic E-state index is 0.00525. The summed E-state index contributed by atoms with van der Waals surface area (Å²) in [6, 6.07) is 6.61. The van der Waals surface area contributed by atoms with Crippen molar-refractivity contribution in [1.29, 1.82) is 0 Å². The van der Waals surface area contributed by atoms with Crippen LogP contribution >= 0.6 is 0 Å². The number of hydrogen-bond acceptors (Lipinski definition) is 6. The number of nitrogens with zero attached hydrogens (tertiary/aromatic N) is 2. The molecule has 0 aliphatic carbocycles. The maximum absolute atomic E-state index is 14.8. The fourth-order valence-corrected chi connectivity index (χ4v) is 2.64. The van der Waals surface area contributed by atoms with Gasteiger partial charge in [-0.2, -0.15) is 0 Å². The van der Waals surface area contributed by atoms with E-state index in [1.165, 1.54) is 18.2 Å². The van der Waals surface area contributed by atoms with Gasteiger partial charge < -0.3 is 20.9 Å². The van der Waals surface area contributed by atoms with Gasteiger partial charge in [-0.1, -0.05) is 13.0 Å². The van der Waals surface area contributed by atoms with Gasteiger partial charge in [0.2, 0.25) is 0 Å². The van der Waals surface area contributed by atoms with Crippen LogP contribution < -0.4 is 16.0 Å². The summed E-state index contributed by atoms with van der Waals surface area (Å²) in [5.74, 6) is -3.51. The van der Waals surface area contributed by atoms with Gasteiger partial charge in [-0.25, -0.2) is 19.0 Å². The first-order valence-electron chi connectivity index (χ1n) is 9.54. The molecule has 9 nitrogen and oxygen atoms in total. The molecule has 1 heterocycles. The largest absolute Gasteiger partial charge is 0.478 e. The van der Waals surface area contributed by atoms with Gasteiger partial charge in [0.1, 0.15) is 11.4 Å². The smallest absolute Gasteiger partial charge is 0.416 e. The molecule has 1 aromatic heterocycles. The van der Waals surface area contributed by atoms with Crippen LogP contribution in [0, 0.1) is 5.82 Å². The molecule has 2 aromatic rings. The summed E-state index contributed by atoms with van der Waals surface area (Å²) in [4.78, 5) is 40.8. The molecule has 0 aliphatic rings. The van der Waals surface area contributed by atoms with Crippen molar-refractivity contribution in [1.82, 2.24) is 4.98 Å². The Morgan fingerprint density at radius 2 is 1.94 bits per heavy atom. The molecule has 2 amide bonds. The number of carbonyl (C=O) groups excluding carboxylic acids is 2. The van der Waals surface area contributed by atoms with Crippen LogP contribution in [0.4, 0.5) is 26.5 Å². The molecule has 0 aliphatic heterocycles. The normalized spacial score (nSPS) is 11.0. The van der Waals surface area contributed by atoms with E-state index >= 15 is 0 Å². The number of halogens is 1. The standard InChI is InChI=1S/C21H25FN4O5/c1-5-9-26(20(30)31-21(2,3)4)18-15(22)11-14(16(23)27)17(25-18)24-13-8-6-7-12(10-13)19(28)29/h6-8,10-11H,5,9H2,1-4H3,(H2,23,27)(H,24,25)(H,28,29). The number of amides is 2. The highest BCUT2D eigenvalue weighted by Gasteiger charge is 2.28. The lowest BCUT2D eigenvalue weighted by Gasteiger charge is -2.27. The van der Waals surface area contributed by atoms with Gasteiger partial charge in [0.15, 0.2) is 11.6 Å². The Morgan fingerprint density at radius 1 is 1.26 bits per heavy atom. The van der Waals surface area contributed by atoms with Crippen molar-refractivity contribution < 1.29 is 28.6 Å².